The van der Waals surface area contributed by atoms with Crippen molar-refractivity contribution < 1.29 is 8.42 Å². The van der Waals surface area contributed by atoms with Gasteiger partial charge in [0.1, 0.15) is 0 Å². The largest absolute Gasteiger partial charge is 0.399 e. The summed E-state index contributed by atoms with van der Waals surface area (Å²) in [6, 6.07) is 6.16. The quantitative estimate of drug-likeness (QED) is 0.622. The van der Waals surface area contributed by atoms with Crippen molar-refractivity contribution in [3.8, 4) is 0 Å². The molecule has 4 rings (SSSR count). The van der Waals surface area contributed by atoms with Crippen LogP contribution in [0, 0.1) is 0 Å². The van der Waals surface area contributed by atoms with Crippen LogP contribution in [0.3, 0.4) is 0 Å². The summed E-state index contributed by atoms with van der Waals surface area (Å²) in [6.45, 7) is 0. The second-order valence-corrected chi connectivity index (χ2v) is 7.74. The van der Waals surface area contributed by atoms with Crippen LogP contribution in [0.25, 0.3) is 11.0 Å². The maximum absolute atomic E-state index is 12.5. The fourth-order valence-corrected chi connectivity index (χ4v) is 4.54. The van der Waals surface area contributed by atoms with Crippen molar-refractivity contribution >= 4 is 26.7 Å². The van der Waals surface area contributed by atoms with Gasteiger partial charge in [0.05, 0.1) is 11.1 Å². The summed E-state index contributed by atoms with van der Waals surface area (Å²) < 4.78 is 27.9. The van der Waals surface area contributed by atoms with Gasteiger partial charge in [0.2, 0.25) is 10.0 Å². The Balaban J connectivity index is 1.59. The molecule has 0 radical (unpaired) electrons. The fourth-order valence-electron chi connectivity index (χ4n) is 3.22. The van der Waals surface area contributed by atoms with E-state index in [2.05, 4.69) is 19.9 Å². The topological polar surface area (TPSA) is 114 Å². The molecule has 1 atom stereocenters. The third-order valence-corrected chi connectivity index (χ3v) is 5.90. The minimum absolute atomic E-state index is 0.157. The Labute approximate surface area is 139 Å². The lowest BCUT2D eigenvalue weighted by Crippen LogP contribution is -2.38. The molecule has 0 saturated heterocycles. The number of sulfonamides is 1. The maximum atomic E-state index is 12.5. The number of pyridine rings is 1. The summed E-state index contributed by atoms with van der Waals surface area (Å²) in [7, 11) is -3.59. The molecule has 2 aromatic heterocycles. The van der Waals surface area contributed by atoms with E-state index in [0.717, 1.165) is 29.4 Å². The Bertz CT molecular complexity index is 1010. The Kier molecular flexibility index (Phi) is 3.50. The van der Waals surface area contributed by atoms with Gasteiger partial charge in [-0.05, 0) is 48.6 Å². The molecule has 0 fully saturated rings. The number of hydrogen-bond acceptors (Lipinski definition) is 5. The lowest BCUT2D eigenvalue weighted by Gasteiger charge is -2.25. The van der Waals surface area contributed by atoms with Crippen molar-refractivity contribution in [1.29, 1.82) is 0 Å². The van der Waals surface area contributed by atoms with Crippen LogP contribution in [0.5, 0.6) is 0 Å². The molecule has 1 aromatic carbocycles. The van der Waals surface area contributed by atoms with Gasteiger partial charge in [-0.1, -0.05) is 6.07 Å². The molecule has 1 unspecified atom stereocenters. The molecule has 3 aromatic rings. The highest BCUT2D eigenvalue weighted by molar-refractivity contribution is 7.89. The van der Waals surface area contributed by atoms with Gasteiger partial charge in [-0.25, -0.2) is 18.1 Å². The zero-order chi connectivity index (χ0) is 16.7. The van der Waals surface area contributed by atoms with Crippen molar-refractivity contribution in [2.24, 2.45) is 0 Å². The van der Waals surface area contributed by atoms with E-state index in [4.69, 9.17) is 5.73 Å². The number of nitrogens with zero attached hydrogens (tertiary/aromatic N) is 2. The van der Waals surface area contributed by atoms with Gasteiger partial charge in [0, 0.05) is 23.3 Å². The molecular weight excluding hydrogens is 326 g/mol. The third kappa shape index (κ3) is 2.63. The van der Waals surface area contributed by atoms with E-state index in [1.54, 1.807) is 30.6 Å². The summed E-state index contributed by atoms with van der Waals surface area (Å²) >= 11 is 0. The number of rotatable bonds is 3. The van der Waals surface area contributed by atoms with E-state index in [9.17, 15) is 8.42 Å². The predicted molar refractivity (Wildman–Crippen MR) is 90.9 cm³/mol. The van der Waals surface area contributed by atoms with Crippen molar-refractivity contribution in [2.75, 3.05) is 5.73 Å². The van der Waals surface area contributed by atoms with Gasteiger partial charge in [0.25, 0.3) is 0 Å². The summed E-state index contributed by atoms with van der Waals surface area (Å²) in [5.41, 5.74) is 9.15. The molecule has 0 spiro atoms. The standard InChI is InChI=1S/C16H17N5O2S/c17-11-2-1-3-13(7-11)24(22,23)21-12-4-5-14-10(6-12)8-18-16-15(14)9-19-20-16/h1-3,7-9,12,21H,4-6,17H2,(H,18,19,20). The van der Waals surface area contributed by atoms with Crippen LogP contribution in [0.15, 0.2) is 41.6 Å². The first-order valence-electron chi connectivity index (χ1n) is 7.70. The second kappa shape index (κ2) is 5.57. The number of nitrogens with one attached hydrogen (secondary N) is 2. The van der Waals surface area contributed by atoms with E-state index in [-0.39, 0.29) is 10.9 Å². The summed E-state index contributed by atoms with van der Waals surface area (Å²) in [6.07, 6.45) is 5.72. The van der Waals surface area contributed by atoms with Crippen LogP contribution < -0.4 is 10.5 Å². The molecule has 8 heteroatoms. The summed E-state index contributed by atoms with van der Waals surface area (Å²) in [5.74, 6) is 0. The van der Waals surface area contributed by atoms with Crippen molar-refractivity contribution in [2.45, 2.75) is 30.2 Å². The number of nitrogen functional groups attached to an aromatic ring is 1. The number of anilines is 1. The first kappa shape index (κ1) is 15.1. The van der Waals surface area contributed by atoms with Crippen LogP contribution in [-0.2, 0) is 22.9 Å². The van der Waals surface area contributed by atoms with Crippen LogP contribution in [0.2, 0.25) is 0 Å². The Morgan fingerprint density at radius 3 is 3.00 bits per heavy atom. The second-order valence-electron chi connectivity index (χ2n) is 6.03. The van der Waals surface area contributed by atoms with Gasteiger partial charge in [-0.2, -0.15) is 5.10 Å². The molecule has 0 amide bonds. The van der Waals surface area contributed by atoms with Crippen molar-refractivity contribution in [3.63, 3.8) is 0 Å². The average molecular weight is 343 g/mol. The molecular formula is C16H17N5O2S. The zero-order valence-electron chi connectivity index (χ0n) is 12.9. The highest BCUT2D eigenvalue weighted by Gasteiger charge is 2.26. The number of fused-ring (bicyclic) bond motifs is 3. The molecule has 1 aliphatic carbocycles. The fraction of sp³-hybridized carbons (Fsp3) is 0.250. The number of aryl methyl sites for hydroxylation is 1. The number of H-pyrrole nitrogens is 1. The van der Waals surface area contributed by atoms with Gasteiger partial charge >= 0.3 is 0 Å². The van der Waals surface area contributed by atoms with E-state index < -0.39 is 10.0 Å². The third-order valence-electron chi connectivity index (χ3n) is 4.38. The summed E-state index contributed by atoms with van der Waals surface area (Å²) in [5, 5.41) is 7.90. The highest BCUT2D eigenvalue weighted by Crippen LogP contribution is 2.27. The minimum atomic E-state index is -3.59. The first-order valence-corrected chi connectivity index (χ1v) is 9.19. The number of aromatic nitrogens is 3. The van der Waals surface area contributed by atoms with Gasteiger partial charge in [-0.3, -0.25) is 5.10 Å². The zero-order valence-corrected chi connectivity index (χ0v) is 13.7. The molecule has 1 aliphatic rings. The average Bonchev–Trinajstić information content (AvgIpc) is 3.03. The molecule has 4 N–H and O–H groups in total. The lowest BCUT2D eigenvalue weighted by molar-refractivity contribution is 0.508. The van der Waals surface area contributed by atoms with Crippen LogP contribution in [-0.4, -0.2) is 29.6 Å². The first-order chi connectivity index (χ1) is 11.5. The van der Waals surface area contributed by atoms with Crippen LogP contribution >= 0.6 is 0 Å². The van der Waals surface area contributed by atoms with Crippen molar-refractivity contribution in [3.05, 3.63) is 47.8 Å². The van der Waals surface area contributed by atoms with E-state index >= 15 is 0 Å². The minimum Gasteiger partial charge on any atom is -0.399 e. The van der Waals surface area contributed by atoms with E-state index in [1.165, 1.54) is 11.6 Å². The number of benzene rings is 1. The van der Waals surface area contributed by atoms with E-state index in [0.29, 0.717) is 12.1 Å². The monoisotopic (exact) mass is 343 g/mol. The van der Waals surface area contributed by atoms with Crippen molar-refractivity contribution in [1.82, 2.24) is 19.9 Å². The molecule has 24 heavy (non-hydrogen) atoms. The smallest absolute Gasteiger partial charge is 0.240 e. The number of nitrogens with two attached hydrogens (primary N) is 1. The Morgan fingerprint density at radius 1 is 1.29 bits per heavy atom. The molecule has 7 nitrogen and oxygen atoms in total. The molecule has 2 heterocycles. The molecule has 0 aliphatic heterocycles. The summed E-state index contributed by atoms with van der Waals surface area (Å²) in [4.78, 5) is 4.53. The molecule has 0 saturated carbocycles. The lowest BCUT2D eigenvalue weighted by atomic mass is 9.88. The molecule has 0 bridgehead atoms. The SMILES string of the molecule is Nc1cccc(S(=O)(=O)NC2CCc3c(cnc4[nH]ncc34)C2)c1. The van der Waals surface area contributed by atoms with Crippen LogP contribution in [0.4, 0.5) is 5.69 Å². The van der Waals surface area contributed by atoms with Crippen LogP contribution in [0.1, 0.15) is 17.5 Å². The van der Waals surface area contributed by atoms with Gasteiger partial charge in [0.15, 0.2) is 5.65 Å². The number of aromatic amines is 1. The molecule has 124 valence electrons. The van der Waals surface area contributed by atoms with Gasteiger partial charge in [-0.15, -0.1) is 0 Å². The Hall–Kier alpha value is -2.45. The van der Waals surface area contributed by atoms with Gasteiger partial charge < -0.3 is 5.73 Å². The predicted octanol–water partition coefficient (Wildman–Crippen LogP) is 1.38. The maximum Gasteiger partial charge on any atom is 0.240 e. The Morgan fingerprint density at radius 2 is 2.17 bits per heavy atom. The van der Waals surface area contributed by atoms with E-state index in [1.807, 2.05) is 0 Å². The highest BCUT2D eigenvalue weighted by atomic mass is 32.2. The normalized spacial score (nSPS) is 17.8. The number of hydrogen-bond donors (Lipinski definition) is 3.